The Morgan fingerprint density at radius 1 is 1.11 bits per heavy atom. The smallest absolute Gasteiger partial charge is 0.203 e. The summed E-state index contributed by atoms with van der Waals surface area (Å²) in [6.07, 6.45) is 0. The van der Waals surface area contributed by atoms with Crippen LogP contribution in [0.15, 0.2) is 12.1 Å². The number of benzene rings is 1. The summed E-state index contributed by atoms with van der Waals surface area (Å²) in [7, 11) is 4.69. The van der Waals surface area contributed by atoms with Gasteiger partial charge >= 0.3 is 0 Å². The molecule has 0 radical (unpaired) electrons. The van der Waals surface area contributed by atoms with Crippen molar-refractivity contribution in [1.82, 2.24) is 20.6 Å². The second-order valence-electron chi connectivity index (χ2n) is 3.52. The zero-order valence-corrected chi connectivity index (χ0v) is 10.9. The minimum Gasteiger partial charge on any atom is -0.493 e. The van der Waals surface area contributed by atoms with E-state index in [4.69, 9.17) is 14.2 Å². The molecule has 0 amide bonds. The number of hydrogen-bond acceptors (Lipinski definition) is 6. The van der Waals surface area contributed by atoms with Crippen molar-refractivity contribution in [3.8, 4) is 17.2 Å². The van der Waals surface area contributed by atoms with Gasteiger partial charge in [-0.25, -0.2) is 0 Å². The molecule has 102 valence electrons. The van der Waals surface area contributed by atoms with E-state index in [1.54, 1.807) is 27.4 Å². The number of aromatic nitrogens is 4. The van der Waals surface area contributed by atoms with Crippen molar-refractivity contribution in [3.05, 3.63) is 23.0 Å². The van der Waals surface area contributed by atoms with Gasteiger partial charge in [-0.05, 0) is 6.07 Å². The molecule has 0 atom stereocenters. The van der Waals surface area contributed by atoms with Gasteiger partial charge in [0.25, 0.3) is 0 Å². The van der Waals surface area contributed by atoms with Gasteiger partial charge in [0.05, 0.1) is 27.3 Å². The van der Waals surface area contributed by atoms with Crippen LogP contribution < -0.4 is 14.2 Å². The maximum Gasteiger partial charge on any atom is 0.203 e. The third-order valence-electron chi connectivity index (χ3n) is 2.51. The highest BCUT2D eigenvalue weighted by Gasteiger charge is 2.14. The summed E-state index contributed by atoms with van der Waals surface area (Å²) >= 11 is 0. The van der Waals surface area contributed by atoms with Crippen LogP contribution in [0.5, 0.6) is 17.2 Å². The van der Waals surface area contributed by atoms with Crippen LogP contribution in [0, 0.1) is 0 Å². The number of rotatable bonds is 6. The lowest BCUT2D eigenvalue weighted by Gasteiger charge is -2.16. The number of tetrazole rings is 1. The van der Waals surface area contributed by atoms with Crippen molar-refractivity contribution in [2.75, 3.05) is 21.3 Å². The van der Waals surface area contributed by atoms with E-state index in [0.717, 1.165) is 5.56 Å². The van der Waals surface area contributed by atoms with Gasteiger partial charge in [0.1, 0.15) is 0 Å². The number of nitrogens with one attached hydrogen (secondary N) is 1. The van der Waals surface area contributed by atoms with Crippen LogP contribution in [0.25, 0.3) is 5.32 Å². The first kappa shape index (κ1) is 12.9. The Balaban J connectivity index is 2.24. The fourth-order valence-electron chi connectivity index (χ4n) is 1.67. The number of aromatic amines is 1. The average molecular weight is 264 g/mol. The molecule has 2 rings (SSSR count). The molecule has 8 nitrogen and oxygen atoms in total. The molecule has 2 aromatic rings. The van der Waals surface area contributed by atoms with E-state index in [0.29, 0.717) is 23.8 Å². The molecule has 0 aliphatic rings. The molecule has 1 aromatic heterocycles. The molecular weight excluding hydrogens is 250 g/mol. The number of ether oxygens (including phenoxy) is 3. The fourth-order valence-corrected chi connectivity index (χ4v) is 1.67. The molecule has 0 saturated heterocycles. The van der Waals surface area contributed by atoms with Crippen molar-refractivity contribution in [2.24, 2.45) is 0 Å². The summed E-state index contributed by atoms with van der Waals surface area (Å²) in [5.74, 6) is 2.00. The quantitative estimate of drug-likeness (QED) is 0.847. The zero-order valence-electron chi connectivity index (χ0n) is 10.9. The lowest BCUT2D eigenvalue weighted by atomic mass is 10.1. The third-order valence-corrected chi connectivity index (χ3v) is 2.51. The van der Waals surface area contributed by atoms with E-state index in [9.17, 15) is 0 Å². The van der Waals surface area contributed by atoms with Crippen LogP contribution >= 0.6 is 0 Å². The van der Waals surface area contributed by atoms with Gasteiger partial charge in [0.2, 0.25) is 5.75 Å². The van der Waals surface area contributed by atoms with Gasteiger partial charge in [-0.3, -0.25) is 15.4 Å². The average Bonchev–Trinajstić information content (AvgIpc) is 2.96. The Bertz CT molecular complexity index is 529. The Labute approximate surface area is 110 Å². The topological polar surface area (TPSA) is 96.3 Å². The van der Waals surface area contributed by atoms with Crippen molar-refractivity contribution >= 4 is 5.95 Å². The minimum atomic E-state index is 0.289. The summed E-state index contributed by atoms with van der Waals surface area (Å²) in [5.41, 5.74) is 0.838. The summed E-state index contributed by atoms with van der Waals surface area (Å²) in [6, 6.07) is 3.65. The Morgan fingerprint density at radius 2 is 1.89 bits per heavy atom. The van der Waals surface area contributed by atoms with Crippen LogP contribution in [0.1, 0.15) is 5.56 Å². The first-order valence-electron chi connectivity index (χ1n) is 5.49. The van der Waals surface area contributed by atoms with Crippen molar-refractivity contribution in [2.45, 2.75) is 6.54 Å². The normalized spacial score (nSPS) is 10.1. The van der Waals surface area contributed by atoms with E-state index >= 15 is 0 Å². The maximum absolute atomic E-state index is 5.35. The fraction of sp³-hybridized carbons (Fsp3) is 0.364. The first-order valence-corrected chi connectivity index (χ1v) is 5.49. The van der Waals surface area contributed by atoms with Gasteiger partial charge in [0, 0.05) is 12.1 Å². The molecule has 0 spiro atoms. The molecule has 1 N–H and O–H groups in total. The highest BCUT2D eigenvalue weighted by Crippen LogP contribution is 2.40. The van der Waals surface area contributed by atoms with Crippen LogP contribution in [-0.4, -0.2) is 42.0 Å². The molecule has 0 unspecified atom stereocenters. The molecule has 1 aromatic carbocycles. The molecule has 19 heavy (non-hydrogen) atoms. The van der Waals surface area contributed by atoms with E-state index in [-0.39, 0.29) is 5.95 Å². The van der Waals surface area contributed by atoms with E-state index in [1.165, 1.54) is 0 Å². The van der Waals surface area contributed by atoms with Gasteiger partial charge in [-0.15, -0.1) is 5.21 Å². The number of hydrogen-bond donors (Lipinski definition) is 1. The molecule has 0 bridgehead atoms. The number of nitrogens with zero attached hydrogens (tertiary/aromatic N) is 4. The predicted octanol–water partition coefficient (Wildman–Crippen LogP) is 1.43. The monoisotopic (exact) mass is 264 g/mol. The minimum absolute atomic E-state index is 0.289. The van der Waals surface area contributed by atoms with Crippen LogP contribution in [0.3, 0.4) is 0 Å². The highest BCUT2D eigenvalue weighted by atomic mass is 16.5. The highest BCUT2D eigenvalue weighted by molar-refractivity contribution is 5.56. The van der Waals surface area contributed by atoms with Crippen molar-refractivity contribution in [3.63, 3.8) is 0 Å². The van der Waals surface area contributed by atoms with Gasteiger partial charge in [0.15, 0.2) is 11.5 Å². The third kappa shape index (κ3) is 2.67. The lowest BCUT2D eigenvalue weighted by Crippen LogP contribution is -1.98. The Kier molecular flexibility index (Phi) is 4.01. The number of methoxy groups -OCH3 is 3. The summed E-state index contributed by atoms with van der Waals surface area (Å²) < 4.78 is 15.9. The largest absolute Gasteiger partial charge is 0.493 e. The van der Waals surface area contributed by atoms with Crippen LogP contribution in [-0.2, 0) is 6.54 Å². The van der Waals surface area contributed by atoms with Gasteiger partial charge in [-0.1, -0.05) is 6.07 Å². The van der Waals surface area contributed by atoms with Crippen LogP contribution in [0.4, 0.5) is 5.95 Å². The van der Waals surface area contributed by atoms with Crippen LogP contribution in [0.2, 0.25) is 0 Å². The molecule has 0 fully saturated rings. The molecule has 8 heteroatoms. The first-order chi connectivity index (χ1) is 9.30. The molecule has 0 aliphatic carbocycles. The van der Waals surface area contributed by atoms with E-state index in [2.05, 4.69) is 25.9 Å². The lowest BCUT2D eigenvalue weighted by molar-refractivity contribution is 0.322. The molecular formula is C11H14N5O3-. The summed E-state index contributed by atoms with van der Waals surface area (Å²) in [5, 5.41) is 17.5. The maximum atomic E-state index is 5.35. The zero-order chi connectivity index (χ0) is 13.7. The second-order valence-corrected chi connectivity index (χ2v) is 3.52. The SMILES string of the molecule is COc1ccc(C[N-]c2nn[nH]n2)c(OC)c1OC. The van der Waals surface area contributed by atoms with Crippen molar-refractivity contribution < 1.29 is 14.2 Å². The Hall–Kier alpha value is -2.51. The molecule has 0 aliphatic heterocycles. The predicted molar refractivity (Wildman–Crippen MR) is 67.0 cm³/mol. The standard InChI is InChI=1S/C11H14N5O3/c1-17-8-5-4-7(9(18-2)10(8)19-3)6-12-11-13-15-16-14-11/h4-5H,6H2,1-3H3,(H-,12,13,14,15,16)/q-1. The molecule has 0 saturated carbocycles. The van der Waals surface area contributed by atoms with Gasteiger partial charge in [-0.2, -0.15) is 0 Å². The summed E-state index contributed by atoms with van der Waals surface area (Å²) in [4.78, 5) is 0. The molecule has 1 heterocycles. The van der Waals surface area contributed by atoms with E-state index in [1.807, 2.05) is 6.07 Å². The second kappa shape index (κ2) is 5.89. The van der Waals surface area contributed by atoms with E-state index < -0.39 is 0 Å². The number of H-pyrrole nitrogens is 1. The van der Waals surface area contributed by atoms with Crippen molar-refractivity contribution in [1.29, 1.82) is 0 Å². The summed E-state index contributed by atoms with van der Waals surface area (Å²) in [6.45, 7) is 0.350. The Morgan fingerprint density at radius 3 is 2.47 bits per heavy atom. The van der Waals surface area contributed by atoms with Gasteiger partial charge < -0.3 is 19.5 Å².